The van der Waals surface area contributed by atoms with Gasteiger partial charge in [0.1, 0.15) is 0 Å². The fourth-order valence-electron chi connectivity index (χ4n) is 5.07. The van der Waals surface area contributed by atoms with Gasteiger partial charge in [-0.05, 0) is 42.2 Å². The summed E-state index contributed by atoms with van der Waals surface area (Å²) in [6.45, 7) is 0. The number of allylic oxidation sites excluding steroid dienone is 2. The van der Waals surface area contributed by atoms with Crippen LogP contribution in [0.3, 0.4) is 0 Å². The molecule has 1 aromatic rings. The topological polar surface area (TPSA) is 113 Å². The molecule has 3 fully saturated rings. The molecule has 4 aliphatic rings. The third kappa shape index (κ3) is 1.76. The second kappa shape index (κ2) is 4.78. The lowest BCUT2D eigenvalue weighted by molar-refractivity contribution is -0.385. The number of fused-ring (bicyclic) bond motifs is 3. The van der Waals surface area contributed by atoms with Crippen LogP contribution in [0.1, 0.15) is 18.4 Å². The lowest BCUT2D eigenvalue weighted by atomic mass is 9.85. The Labute approximate surface area is 147 Å². The maximum absolute atomic E-state index is 12.8. The number of nitrogens with zero attached hydrogens (tertiary/aromatic N) is 3. The van der Waals surface area contributed by atoms with Crippen molar-refractivity contribution in [3.63, 3.8) is 0 Å². The number of nitro groups is 1. The molecule has 5 rings (SSSR count). The summed E-state index contributed by atoms with van der Waals surface area (Å²) >= 11 is 0. The van der Waals surface area contributed by atoms with E-state index in [0.717, 1.165) is 23.9 Å². The molecule has 3 aliphatic carbocycles. The molecule has 1 saturated heterocycles. The fraction of sp³-hybridized carbons (Fsp3) is 0.389. The zero-order valence-corrected chi connectivity index (χ0v) is 13.6. The number of hydrogen-bond donors (Lipinski definition) is 1. The molecule has 8 nitrogen and oxygen atoms in total. The van der Waals surface area contributed by atoms with Gasteiger partial charge in [0.25, 0.3) is 11.8 Å². The molecular formula is C18H15N3O5. The van der Waals surface area contributed by atoms with Crippen molar-refractivity contribution in [3.05, 3.63) is 46.0 Å². The van der Waals surface area contributed by atoms with Gasteiger partial charge in [0.05, 0.1) is 23.0 Å². The third-order valence-electron chi connectivity index (χ3n) is 6.35. The van der Waals surface area contributed by atoms with Gasteiger partial charge in [0.2, 0.25) is 0 Å². The van der Waals surface area contributed by atoms with Gasteiger partial charge >= 0.3 is 5.69 Å². The van der Waals surface area contributed by atoms with E-state index in [4.69, 9.17) is 0 Å². The first kappa shape index (κ1) is 15.2. The number of imide groups is 1. The van der Waals surface area contributed by atoms with Crippen molar-refractivity contribution in [1.82, 2.24) is 5.01 Å². The summed E-state index contributed by atoms with van der Waals surface area (Å²) in [5.41, 5.74) is 0.00309. The fourth-order valence-corrected chi connectivity index (χ4v) is 5.07. The molecule has 8 heteroatoms. The first-order valence-electron chi connectivity index (χ1n) is 8.51. The normalized spacial score (nSPS) is 32.8. The summed E-state index contributed by atoms with van der Waals surface area (Å²) in [4.78, 5) is 35.7. The Kier molecular flexibility index (Phi) is 2.80. The number of carbonyl (C=O) groups is 2. The molecule has 1 spiro atoms. The van der Waals surface area contributed by atoms with Crippen LogP contribution in [0.4, 0.5) is 5.69 Å². The van der Waals surface area contributed by atoms with E-state index in [1.54, 1.807) is 0 Å². The Bertz CT molecular complexity index is 899. The summed E-state index contributed by atoms with van der Waals surface area (Å²) < 4.78 is 0. The van der Waals surface area contributed by atoms with Gasteiger partial charge in [-0.15, -0.1) is 0 Å². The minimum Gasteiger partial charge on any atom is -0.502 e. The SMILES string of the molecule is O=C1[C@@H]2[C@@H](C(=O)N1/N=C\c1ccc(O)c([N+](=O)[O-])c1)[C@H]1C=C[C@H]2C12CC2. The summed E-state index contributed by atoms with van der Waals surface area (Å²) in [5, 5.41) is 25.3. The Hall–Kier alpha value is -3.03. The Morgan fingerprint density at radius 3 is 2.35 bits per heavy atom. The Balaban J connectivity index is 1.42. The van der Waals surface area contributed by atoms with Crippen LogP contribution in [0.25, 0.3) is 0 Å². The monoisotopic (exact) mass is 353 g/mol. The number of amides is 2. The van der Waals surface area contributed by atoms with Crippen molar-refractivity contribution < 1.29 is 19.6 Å². The number of hydrazone groups is 1. The highest BCUT2D eigenvalue weighted by atomic mass is 16.6. The summed E-state index contributed by atoms with van der Waals surface area (Å²) in [7, 11) is 0. The second-order valence-corrected chi connectivity index (χ2v) is 7.46. The highest BCUT2D eigenvalue weighted by Gasteiger charge is 2.73. The lowest BCUT2D eigenvalue weighted by Crippen LogP contribution is -2.30. The third-order valence-corrected chi connectivity index (χ3v) is 6.35. The zero-order chi connectivity index (χ0) is 18.2. The van der Waals surface area contributed by atoms with Crippen molar-refractivity contribution in [2.75, 3.05) is 0 Å². The van der Waals surface area contributed by atoms with Crippen LogP contribution >= 0.6 is 0 Å². The number of hydrogen-bond acceptors (Lipinski definition) is 6. The second-order valence-electron chi connectivity index (χ2n) is 7.46. The first-order chi connectivity index (χ1) is 12.4. The van der Waals surface area contributed by atoms with Gasteiger partial charge < -0.3 is 5.11 Å². The van der Waals surface area contributed by atoms with E-state index < -0.39 is 16.4 Å². The molecule has 0 aromatic heterocycles. The van der Waals surface area contributed by atoms with Crippen molar-refractivity contribution in [2.24, 2.45) is 34.2 Å². The summed E-state index contributed by atoms with van der Waals surface area (Å²) in [6, 6.07) is 3.76. The molecule has 2 saturated carbocycles. The highest BCUT2D eigenvalue weighted by Crippen LogP contribution is 2.73. The van der Waals surface area contributed by atoms with Gasteiger partial charge in [-0.3, -0.25) is 19.7 Å². The number of aromatic hydroxyl groups is 1. The van der Waals surface area contributed by atoms with E-state index in [2.05, 4.69) is 17.3 Å². The van der Waals surface area contributed by atoms with E-state index in [0.29, 0.717) is 5.56 Å². The molecular weight excluding hydrogens is 338 g/mol. The molecule has 1 heterocycles. The Morgan fingerprint density at radius 2 is 1.81 bits per heavy atom. The molecule has 1 aliphatic heterocycles. The van der Waals surface area contributed by atoms with Crippen molar-refractivity contribution in [3.8, 4) is 5.75 Å². The molecule has 4 atom stereocenters. The smallest absolute Gasteiger partial charge is 0.311 e. The molecule has 26 heavy (non-hydrogen) atoms. The molecule has 2 amide bonds. The van der Waals surface area contributed by atoms with E-state index in [-0.39, 0.29) is 40.9 Å². The van der Waals surface area contributed by atoms with E-state index in [1.807, 2.05) is 0 Å². The van der Waals surface area contributed by atoms with Crippen molar-refractivity contribution >= 4 is 23.7 Å². The quantitative estimate of drug-likeness (QED) is 0.293. The molecule has 1 N–H and O–H groups in total. The number of nitro benzene ring substituents is 1. The highest BCUT2D eigenvalue weighted by molar-refractivity contribution is 6.07. The number of benzene rings is 1. The molecule has 0 unspecified atom stereocenters. The van der Waals surface area contributed by atoms with Gasteiger partial charge in [-0.25, -0.2) is 0 Å². The average molecular weight is 353 g/mol. The van der Waals surface area contributed by atoms with Gasteiger partial charge in [-0.2, -0.15) is 10.1 Å². The number of carbonyl (C=O) groups excluding carboxylic acids is 2. The standard InChI is InChI=1S/C18H15N3O5/c22-13-4-1-9(7-12(13)21(25)26)8-19-20-16(23)14-10-2-3-11(15(14)17(20)24)18(10)5-6-18/h1-4,7-8,10-11,14-15,22H,5-6H2/b19-8-/t10-,11-,14+,15+/m1/s1. The molecule has 1 aromatic carbocycles. The molecule has 0 radical (unpaired) electrons. The largest absolute Gasteiger partial charge is 0.502 e. The van der Waals surface area contributed by atoms with E-state index >= 15 is 0 Å². The first-order valence-corrected chi connectivity index (χ1v) is 8.51. The van der Waals surface area contributed by atoms with Crippen LogP contribution in [-0.2, 0) is 9.59 Å². The maximum atomic E-state index is 12.8. The zero-order valence-electron chi connectivity index (χ0n) is 13.6. The van der Waals surface area contributed by atoms with Crippen LogP contribution in [0, 0.1) is 39.2 Å². The van der Waals surface area contributed by atoms with Crippen molar-refractivity contribution in [2.45, 2.75) is 12.8 Å². The summed E-state index contributed by atoms with van der Waals surface area (Å²) in [6.07, 6.45) is 7.55. The van der Waals surface area contributed by atoms with Gasteiger partial charge in [-0.1, -0.05) is 12.2 Å². The van der Waals surface area contributed by atoms with Crippen LogP contribution < -0.4 is 0 Å². The number of phenolic OH excluding ortho intramolecular Hbond substituents is 1. The Morgan fingerprint density at radius 1 is 1.19 bits per heavy atom. The summed E-state index contributed by atoms with van der Waals surface area (Å²) in [5.74, 6) is -1.42. The molecule has 132 valence electrons. The van der Waals surface area contributed by atoms with Crippen LogP contribution in [-0.4, -0.2) is 33.1 Å². The van der Waals surface area contributed by atoms with Gasteiger partial charge in [0.15, 0.2) is 5.75 Å². The van der Waals surface area contributed by atoms with E-state index in [9.17, 15) is 24.8 Å². The number of phenols is 1. The predicted molar refractivity (Wildman–Crippen MR) is 89.0 cm³/mol. The predicted octanol–water partition coefficient (Wildman–Crippen LogP) is 1.83. The van der Waals surface area contributed by atoms with Crippen LogP contribution in [0.5, 0.6) is 5.75 Å². The minimum atomic E-state index is -0.707. The van der Waals surface area contributed by atoms with Gasteiger partial charge in [0, 0.05) is 11.6 Å². The number of rotatable bonds is 3. The van der Waals surface area contributed by atoms with Crippen LogP contribution in [0.15, 0.2) is 35.5 Å². The maximum Gasteiger partial charge on any atom is 0.311 e. The minimum absolute atomic E-state index is 0.129. The van der Waals surface area contributed by atoms with E-state index in [1.165, 1.54) is 18.3 Å². The lowest BCUT2D eigenvalue weighted by Gasteiger charge is -2.18. The molecule has 2 bridgehead atoms. The van der Waals surface area contributed by atoms with Crippen molar-refractivity contribution in [1.29, 1.82) is 0 Å². The average Bonchev–Trinajstić information content (AvgIpc) is 3.21. The van der Waals surface area contributed by atoms with Crippen LogP contribution in [0.2, 0.25) is 0 Å².